The van der Waals surface area contributed by atoms with Crippen LogP contribution >= 0.6 is 34.8 Å². The lowest BCUT2D eigenvalue weighted by Crippen LogP contribution is -2.53. The van der Waals surface area contributed by atoms with Crippen LogP contribution in [-0.2, 0) is 13.1 Å². The zero-order valence-electron chi connectivity index (χ0n) is 22.6. The van der Waals surface area contributed by atoms with Gasteiger partial charge in [-0.2, -0.15) is 0 Å². The summed E-state index contributed by atoms with van der Waals surface area (Å²) in [7, 11) is 1.70. The minimum atomic E-state index is -0.250. The summed E-state index contributed by atoms with van der Waals surface area (Å²) in [4.78, 5) is 24.6. The van der Waals surface area contributed by atoms with Gasteiger partial charge in [-0.05, 0) is 73.5 Å². The fourth-order valence-corrected chi connectivity index (χ4v) is 6.37. The number of anilines is 1. The number of hydrogen-bond donors (Lipinski definition) is 1. The van der Waals surface area contributed by atoms with Crippen LogP contribution in [0, 0.1) is 0 Å². The van der Waals surface area contributed by atoms with Crippen LogP contribution in [0.3, 0.4) is 0 Å². The van der Waals surface area contributed by atoms with Crippen molar-refractivity contribution < 1.29 is 11.0 Å². The number of halogens is 3. The summed E-state index contributed by atoms with van der Waals surface area (Å²) in [5.74, 6) is 1.38. The molecule has 0 radical (unpaired) electrons. The molecule has 2 aliphatic rings. The van der Waals surface area contributed by atoms with Gasteiger partial charge in [0.05, 0.1) is 17.7 Å². The van der Waals surface area contributed by atoms with E-state index in [1.165, 1.54) is 18.4 Å². The van der Waals surface area contributed by atoms with Crippen molar-refractivity contribution in [2.45, 2.75) is 32.0 Å². The lowest BCUT2D eigenvalue weighted by molar-refractivity contribution is 0.0950. The highest BCUT2D eigenvalue weighted by atomic mass is 35.5. The summed E-state index contributed by atoms with van der Waals surface area (Å²) in [6.45, 7) is 7.19. The van der Waals surface area contributed by atoms with E-state index >= 15 is 0 Å². The zero-order chi connectivity index (χ0) is 28.1. The fourth-order valence-electron chi connectivity index (χ4n) is 5.52. The van der Waals surface area contributed by atoms with Crippen LogP contribution in [-0.4, -0.2) is 73.1 Å². The molecule has 0 atom stereocenters. The lowest BCUT2D eigenvalue weighted by atomic mass is 10.0. The molecule has 2 aliphatic heterocycles. The third-order valence-corrected chi connectivity index (χ3v) is 8.43. The minimum Gasteiger partial charge on any atom is -0.497 e. The maximum absolute atomic E-state index is 12.7. The molecule has 10 heteroatoms. The molecule has 2 aromatic carbocycles. The SMILES string of the molecule is COc1ccc(CN2CCC(N3CCN(c4ncc(C(=O)NCc5cc(Cl)cc(Cl)c5)cc4Cl)CC3)CC2)cc1.[HH]. The first-order chi connectivity index (χ1) is 19.4. The summed E-state index contributed by atoms with van der Waals surface area (Å²) in [5, 5.41) is 4.42. The fraction of sp³-hybridized carbons (Fsp3) is 0.400. The number of rotatable bonds is 8. The van der Waals surface area contributed by atoms with E-state index in [2.05, 4.69) is 37.1 Å². The predicted molar refractivity (Wildman–Crippen MR) is 164 cm³/mol. The third-order valence-electron chi connectivity index (χ3n) is 7.71. The van der Waals surface area contributed by atoms with Gasteiger partial charge < -0.3 is 15.0 Å². The highest BCUT2D eigenvalue weighted by Gasteiger charge is 2.28. The van der Waals surface area contributed by atoms with Crippen molar-refractivity contribution in [1.82, 2.24) is 20.1 Å². The molecule has 1 amide bonds. The molecule has 3 heterocycles. The van der Waals surface area contributed by atoms with Crippen LogP contribution in [0.15, 0.2) is 54.7 Å². The number of nitrogens with one attached hydrogen (secondary N) is 1. The van der Waals surface area contributed by atoms with E-state index < -0.39 is 0 Å². The Bertz CT molecular complexity index is 1290. The molecular weight excluding hydrogens is 569 g/mol. The number of carbonyl (C=O) groups is 1. The van der Waals surface area contributed by atoms with Crippen molar-refractivity contribution in [2.24, 2.45) is 0 Å². The number of nitrogens with zero attached hydrogens (tertiary/aromatic N) is 4. The van der Waals surface area contributed by atoms with Crippen molar-refractivity contribution in [3.05, 3.63) is 86.5 Å². The number of benzene rings is 2. The van der Waals surface area contributed by atoms with Crippen molar-refractivity contribution in [1.29, 1.82) is 0 Å². The Labute approximate surface area is 252 Å². The molecule has 3 aromatic rings. The van der Waals surface area contributed by atoms with E-state index in [0.29, 0.717) is 33.2 Å². The topological polar surface area (TPSA) is 60.9 Å². The molecule has 2 saturated heterocycles. The molecule has 0 saturated carbocycles. The predicted octanol–water partition coefficient (Wildman–Crippen LogP) is 6.01. The first kappa shape index (κ1) is 29.0. The molecule has 214 valence electrons. The summed E-state index contributed by atoms with van der Waals surface area (Å²) in [6.07, 6.45) is 3.95. The Morgan fingerprint density at radius 3 is 2.25 bits per heavy atom. The Morgan fingerprint density at radius 2 is 1.62 bits per heavy atom. The molecule has 1 N–H and O–H groups in total. The number of pyridine rings is 1. The Kier molecular flexibility index (Phi) is 9.71. The molecule has 5 rings (SSSR count). The molecule has 1 aromatic heterocycles. The normalized spacial score (nSPS) is 17.1. The summed E-state index contributed by atoms with van der Waals surface area (Å²) in [6, 6.07) is 15.9. The van der Waals surface area contributed by atoms with E-state index in [1.54, 1.807) is 37.6 Å². The highest BCUT2D eigenvalue weighted by molar-refractivity contribution is 6.34. The van der Waals surface area contributed by atoms with Crippen LogP contribution in [0.1, 0.15) is 35.8 Å². The maximum Gasteiger partial charge on any atom is 0.253 e. The second-order valence-corrected chi connectivity index (χ2v) is 11.6. The van der Waals surface area contributed by atoms with E-state index in [9.17, 15) is 4.79 Å². The van der Waals surface area contributed by atoms with Crippen molar-refractivity contribution in [3.63, 3.8) is 0 Å². The zero-order valence-corrected chi connectivity index (χ0v) is 24.9. The van der Waals surface area contributed by atoms with Gasteiger partial charge in [0.1, 0.15) is 11.6 Å². The average Bonchev–Trinajstić information content (AvgIpc) is 2.96. The number of aromatic nitrogens is 1. The van der Waals surface area contributed by atoms with Gasteiger partial charge >= 0.3 is 0 Å². The standard InChI is InChI=1S/C30H34Cl3N5O2.H2/c1-40-27-4-2-21(3-5-27)20-36-8-6-26(7-9-36)37-10-12-38(13-11-37)29-28(33)16-23(19-34-29)30(39)35-18-22-14-24(31)17-25(32)15-22;/h2-5,14-17,19,26H,6-13,18,20H2,1H3,(H,35,39);1H. The number of piperidine rings is 1. The molecule has 0 unspecified atom stereocenters. The van der Waals surface area contributed by atoms with Gasteiger partial charge in [0.25, 0.3) is 5.91 Å². The van der Waals surface area contributed by atoms with Crippen molar-refractivity contribution in [3.8, 4) is 5.75 Å². The quantitative estimate of drug-likeness (QED) is 0.340. The molecule has 7 nitrogen and oxygen atoms in total. The average molecular weight is 605 g/mol. The lowest BCUT2D eigenvalue weighted by Gasteiger charge is -2.43. The molecular formula is C30H36Cl3N5O2. The number of carbonyl (C=O) groups excluding carboxylic acids is 1. The van der Waals surface area contributed by atoms with E-state index in [1.807, 2.05) is 12.1 Å². The second-order valence-electron chi connectivity index (χ2n) is 10.4. The number of amides is 1. The molecule has 40 heavy (non-hydrogen) atoms. The smallest absolute Gasteiger partial charge is 0.253 e. The summed E-state index contributed by atoms with van der Waals surface area (Å²) >= 11 is 18.7. The number of ether oxygens (including phenoxy) is 1. The van der Waals surface area contributed by atoms with E-state index in [0.717, 1.165) is 62.9 Å². The van der Waals surface area contributed by atoms with Crippen molar-refractivity contribution >= 4 is 46.5 Å². The van der Waals surface area contributed by atoms with E-state index in [4.69, 9.17) is 39.5 Å². The van der Waals surface area contributed by atoms with Gasteiger partial charge in [-0.25, -0.2) is 4.98 Å². The first-order valence-electron chi connectivity index (χ1n) is 13.6. The highest BCUT2D eigenvalue weighted by Crippen LogP contribution is 2.27. The Morgan fingerprint density at radius 1 is 0.950 bits per heavy atom. The number of methoxy groups -OCH3 is 1. The second kappa shape index (κ2) is 13.4. The van der Waals surface area contributed by atoms with Crippen molar-refractivity contribution in [2.75, 3.05) is 51.3 Å². The molecule has 2 fully saturated rings. The van der Waals surface area contributed by atoms with Crippen LogP contribution in [0.25, 0.3) is 0 Å². The van der Waals surface area contributed by atoms with Gasteiger partial charge in [-0.1, -0.05) is 46.9 Å². The van der Waals surface area contributed by atoms with Gasteiger partial charge in [-0.15, -0.1) is 0 Å². The number of piperazine rings is 1. The summed E-state index contributed by atoms with van der Waals surface area (Å²) in [5.41, 5.74) is 2.57. The number of likely N-dealkylation sites (tertiary alicyclic amines) is 1. The van der Waals surface area contributed by atoms with Gasteiger partial charge in [0, 0.05) is 63.0 Å². The van der Waals surface area contributed by atoms with Crippen LogP contribution < -0.4 is 15.0 Å². The Hall–Kier alpha value is -2.55. The van der Waals surface area contributed by atoms with Gasteiger partial charge in [0.15, 0.2) is 0 Å². The maximum atomic E-state index is 12.7. The first-order valence-corrected chi connectivity index (χ1v) is 14.7. The van der Waals surface area contributed by atoms with Crippen LogP contribution in [0.2, 0.25) is 15.1 Å². The minimum absolute atomic E-state index is 0. The summed E-state index contributed by atoms with van der Waals surface area (Å²) < 4.78 is 5.27. The van der Waals surface area contributed by atoms with Gasteiger partial charge in [-0.3, -0.25) is 14.6 Å². The van der Waals surface area contributed by atoms with Gasteiger partial charge in [0.2, 0.25) is 0 Å². The van der Waals surface area contributed by atoms with Crippen LogP contribution in [0.5, 0.6) is 5.75 Å². The van der Waals surface area contributed by atoms with E-state index in [-0.39, 0.29) is 7.33 Å². The largest absolute Gasteiger partial charge is 0.497 e. The molecule has 0 bridgehead atoms. The monoisotopic (exact) mass is 603 g/mol. The molecule has 0 aliphatic carbocycles. The number of hydrogen-bond acceptors (Lipinski definition) is 6. The third kappa shape index (κ3) is 7.39. The Balaban J connectivity index is 0.00000387. The molecule has 0 spiro atoms. The van der Waals surface area contributed by atoms with Crippen LogP contribution in [0.4, 0.5) is 5.82 Å².